The number of aromatic nitrogens is 1. The fourth-order valence-electron chi connectivity index (χ4n) is 6.58. The summed E-state index contributed by atoms with van der Waals surface area (Å²) in [6.07, 6.45) is 6.42. The Morgan fingerprint density at radius 3 is 1.60 bits per heavy atom. The zero-order chi connectivity index (χ0) is 30.2. The maximum atomic E-state index is 13.5. The first-order valence-corrected chi connectivity index (χ1v) is 15.4. The lowest BCUT2D eigenvalue weighted by molar-refractivity contribution is 0.628. The molecule has 0 amide bonds. The van der Waals surface area contributed by atoms with Gasteiger partial charge in [-0.25, -0.2) is 4.39 Å². The summed E-state index contributed by atoms with van der Waals surface area (Å²) >= 11 is 0. The predicted octanol–water partition coefficient (Wildman–Crippen LogP) is 11.5. The topological polar surface area (TPSA) is 8.17 Å². The van der Waals surface area contributed by atoms with Crippen molar-refractivity contribution < 1.29 is 4.39 Å². The van der Waals surface area contributed by atoms with Crippen LogP contribution >= 0.6 is 0 Å². The van der Waals surface area contributed by atoms with Gasteiger partial charge in [-0.2, -0.15) is 0 Å². The fourth-order valence-corrected chi connectivity index (χ4v) is 6.58. The Kier molecular flexibility index (Phi) is 6.84. The van der Waals surface area contributed by atoms with Crippen molar-refractivity contribution in [3.63, 3.8) is 0 Å². The first-order chi connectivity index (χ1) is 22.2. The van der Waals surface area contributed by atoms with Gasteiger partial charge in [0, 0.05) is 33.5 Å². The number of rotatable bonds is 6. The molecule has 3 heteroatoms. The summed E-state index contributed by atoms with van der Waals surface area (Å²) < 4.78 is 15.8. The summed E-state index contributed by atoms with van der Waals surface area (Å²) in [6, 6.07) is 52.0. The maximum absolute atomic E-state index is 13.5. The van der Waals surface area contributed by atoms with E-state index in [1.54, 1.807) is 0 Å². The van der Waals surface area contributed by atoms with Gasteiger partial charge in [-0.15, -0.1) is 0 Å². The van der Waals surface area contributed by atoms with Crippen LogP contribution in [0.2, 0.25) is 0 Å². The van der Waals surface area contributed by atoms with E-state index in [4.69, 9.17) is 0 Å². The molecule has 216 valence electrons. The van der Waals surface area contributed by atoms with E-state index in [2.05, 4.69) is 149 Å². The quantitative estimate of drug-likeness (QED) is 0.189. The molecule has 0 atom stereocenters. The Morgan fingerprint density at radius 1 is 0.467 bits per heavy atom. The van der Waals surface area contributed by atoms with Gasteiger partial charge in [0.1, 0.15) is 5.82 Å². The molecule has 6 aromatic carbocycles. The highest BCUT2D eigenvalue weighted by Crippen LogP contribution is 2.38. The molecule has 1 aliphatic carbocycles. The van der Waals surface area contributed by atoms with Crippen molar-refractivity contribution in [2.24, 2.45) is 0 Å². The molecule has 7 aromatic rings. The van der Waals surface area contributed by atoms with Crippen molar-refractivity contribution >= 4 is 38.8 Å². The molecule has 0 spiro atoms. The van der Waals surface area contributed by atoms with Crippen LogP contribution in [0.25, 0.3) is 44.2 Å². The minimum Gasteiger partial charge on any atom is -0.314 e. The molecule has 0 aliphatic heterocycles. The molecule has 8 rings (SSSR count). The van der Waals surface area contributed by atoms with Gasteiger partial charge >= 0.3 is 0 Å². The van der Waals surface area contributed by atoms with Crippen LogP contribution in [-0.2, 0) is 0 Å². The number of hydrogen-bond acceptors (Lipinski definition) is 1. The molecule has 0 radical (unpaired) electrons. The summed E-state index contributed by atoms with van der Waals surface area (Å²) in [5, 5.41) is 2.55. The Morgan fingerprint density at radius 2 is 1.00 bits per heavy atom. The zero-order valence-electron chi connectivity index (χ0n) is 24.8. The third-order valence-electron chi connectivity index (χ3n) is 8.81. The van der Waals surface area contributed by atoms with E-state index in [-0.39, 0.29) is 5.82 Å². The number of halogens is 1. The summed E-state index contributed by atoms with van der Waals surface area (Å²) in [5.74, 6) is -0.221. The Bertz CT molecular complexity index is 2130. The van der Waals surface area contributed by atoms with Gasteiger partial charge in [0.15, 0.2) is 0 Å². The summed E-state index contributed by atoms with van der Waals surface area (Å²) in [4.78, 5) is 2.34. The monoisotopic (exact) mass is 582 g/mol. The first kappa shape index (κ1) is 26.9. The molecule has 1 aromatic heterocycles. The van der Waals surface area contributed by atoms with Gasteiger partial charge < -0.3 is 9.47 Å². The van der Waals surface area contributed by atoms with Crippen molar-refractivity contribution in [1.29, 1.82) is 0 Å². The van der Waals surface area contributed by atoms with E-state index in [0.29, 0.717) is 0 Å². The number of anilines is 2. The van der Waals surface area contributed by atoms with Crippen LogP contribution in [0, 0.1) is 5.82 Å². The number of hydrogen-bond donors (Lipinski definition) is 0. The lowest BCUT2D eigenvalue weighted by Gasteiger charge is -2.30. The lowest BCUT2D eigenvalue weighted by Crippen LogP contribution is -2.17. The van der Waals surface area contributed by atoms with Crippen molar-refractivity contribution in [1.82, 2.24) is 4.57 Å². The highest BCUT2D eigenvalue weighted by molar-refractivity contribution is 6.09. The molecule has 1 aliphatic rings. The minimum atomic E-state index is -0.221. The van der Waals surface area contributed by atoms with Gasteiger partial charge in [0.2, 0.25) is 0 Å². The van der Waals surface area contributed by atoms with Crippen molar-refractivity contribution in [2.45, 2.75) is 12.8 Å². The Labute approximate surface area is 262 Å². The second kappa shape index (κ2) is 11.4. The highest BCUT2D eigenvalue weighted by Gasteiger charge is 2.18. The zero-order valence-corrected chi connectivity index (χ0v) is 24.8. The first-order valence-electron chi connectivity index (χ1n) is 15.4. The average molecular weight is 583 g/mol. The van der Waals surface area contributed by atoms with E-state index in [1.807, 2.05) is 12.1 Å². The van der Waals surface area contributed by atoms with Crippen LogP contribution in [0.1, 0.15) is 18.4 Å². The van der Waals surface area contributed by atoms with E-state index in [1.165, 1.54) is 56.5 Å². The number of fused-ring (bicyclic) bond motifs is 3. The van der Waals surface area contributed by atoms with Crippen molar-refractivity contribution in [3.8, 4) is 16.8 Å². The largest absolute Gasteiger partial charge is 0.314 e. The van der Waals surface area contributed by atoms with Crippen LogP contribution in [0.4, 0.5) is 15.8 Å². The van der Waals surface area contributed by atoms with Crippen molar-refractivity contribution in [3.05, 3.63) is 181 Å². The molecule has 0 saturated carbocycles. The molecule has 0 fully saturated rings. The number of para-hydroxylation sites is 3. The van der Waals surface area contributed by atoms with E-state index in [0.717, 1.165) is 35.3 Å². The number of allylic oxidation sites excluding steroid dienone is 4. The van der Waals surface area contributed by atoms with Gasteiger partial charge in [0.05, 0.1) is 11.0 Å². The van der Waals surface area contributed by atoms with E-state index in [9.17, 15) is 4.39 Å². The molecular formula is C42H31FN2. The SMILES string of the molecule is Fc1ccc(-c2ccc(N(C3=CC=C(c4ccc(-n5c6ccccc6c6ccccc65)cc4)CC3)c3ccccc3)cc2)cc1. The average Bonchev–Trinajstić information content (AvgIpc) is 3.44. The fraction of sp³-hybridized carbons (Fsp3) is 0.0476. The molecular weight excluding hydrogens is 551 g/mol. The Hall–Kier alpha value is -5.67. The molecule has 2 nitrogen and oxygen atoms in total. The van der Waals surface area contributed by atoms with Crippen LogP contribution in [-0.4, -0.2) is 4.57 Å². The Balaban J connectivity index is 1.10. The molecule has 0 unspecified atom stereocenters. The van der Waals surface area contributed by atoms with Crippen LogP contribution in [0.5, 0.6) is 0 Å². The van der Waals surface area contributed by atoms with Gasteiger partial charge in [-0.1, -0.05) is 97.1 Å². The number of benzene rings is 6. The maximum Gasteiger partial charge on any atom is 0.123 e. The lowest BCUT2D eigenvalue weighted by atomic mass is 9.94. The second-order valence-corrected chi connectivity index (χ2v) is 11.5. The van der Waals surface area contributed by atoms with Crippen LogP contribution in [0.15, 0.2) is 170 Å². The van der Waals surface area contributed by atoms with E-state index >= 15 is 0 Å². The standard InChI is InChI=1S/C42H31FN2/c43-34-22-14-30(15-23-34)31-16-24-36(25-17-31)44(35-8-2-1-3-9-35)37-26-18-32(19-27-37)33-20-28-38(29-21-33)45-41-12-6-4-10-39(41)40-11-5-7-13-42(40)45/h1-18,20-26,28-29H,19,27H2. The number of nitrogens with zero attached hydrogens (tertiary/aromatic N) is 2. The molecule has 1 heterocycles. The van der Waals surface area contributed by atoms with Crippen molar-refractivity contribution in [2.75, 3.05) is 4.90 Å². The highest BCUT2D eigenvalue weighted by atomic mass is 19.1. The third kappa shape index (κ3) is 5.03. The smallest absolute Gasteiger partial charge is 0.123 e. The van der Waals surface area contributed by atoms with Crippen LogP contribution in [0.3, 0.4) is 0 Å². The van der Waals surface area contributed by atoms with Crippen LogP contribution < -0.4 is 4.90 Å². The second-order valence-electron chi connectivity index (χ2n) is 11.5. The minimum absolute atomic E-state index is 0.221. The normalized spacial score (nSPS) is 13.1. The predicted molar refractivity (Wildman–Crippen MR) is 186 cm³/mol. The summed E-state index contributed by atoms with van der Waals surface area (Å²) in [6.45, 7) is 0. The summed E-state index contributed by atoms with van der Waals surface area (Å²) in [5.41, 5.74) is 11.8. The molecule has 0 bridgehead atoms. The van der Waals surface area contributed by atoms with Gasteiger partial charge in [-0.05, 0) is 102 Å². The van der Waals surface area contributed by atoms with E-state index < -0.39 is 0 Å². The third-order valence-corrected chi connectivity index (χ3v) is 8.81. The van der Waals surface area contributed by atoms with Gasteiger partial charge in [0.25, 0.3) is 0 Å². The summed E-state index contributed by atoms with van der Waals surface area (Å²) in [7, 11) is 0. The van der Waals surface area contributed by atoms with Gasteiger partial charge in [-0.3, -0.25) is 0 Å². The molecule has 45 heavy (non-hydrogen) atoms. The molecule has 0 saturated heterocycles. The molecule has 0 N–H and O–H groups in total.